The van der Waals surface area contributed by atoms with Crippen molar-refractivity contribution >= 4 is 18.0 Å². The molecule has 2 amide bonds. The van der Waals surface area contributed by atoms with Crippen molar-refractivity contribution in [2.24, 2.45) is 0 Å². The maximum absolute atomic E-state index is 12.9. The van der Waals surface area contributed by atoms with E-state index in [0.29, 0.717) is 28.1 Å². The second-order valence-electron chi connectivity index (χ2n) is 6.85. The molecule has 162 valence electrons. The molecule has 1 atom stereocenters. The number of rotatable bonds is 7. The van der Waals surface area contributed by atoms with E-state index in [1.807, 2.05) is 30.3 Å². The van der Waals surface area contributed by atoms with Crippen molar-refractivity contribution in [1.29, 1.82) is 0 Å². The van der Waals surface area contributed by atoms with Crippen LogP contribution < -0.4 is 10.1 Å². The Morgan fingerprint density at radius 1 is 1.00 bits per heavy atom. The Balaban J connectivity index is 1.74. The van der Waals surface area contributed by atoms with E-state index in [0.717, 1.165) is 0 Å². The zero-order valence-electron chi connectivity index (χ0n) is 17.6. The fraction of sp³-hybridized carbons (Fsp3) is 0.261. The van der Waals surface area contributed by atoms with E-state index in [1.165, 1.54) is 12.0 Å². The number of nitrogens with one attached hydrogen (secondary N) is 1. The summed E-state index contributed by atoms with van der Waals surface area (Å²) in [6, 6.07) is 14.7. The van der Waals surface area contributed by atoms with Gasteiger partial charge in [0.25, 0.3) is 0 Å². The van der Waals surface area contributed by atoms with Gasteiger partial charge in [0.1, 0.15) is 19.0 Å². The van der Waals surface area contributed by atoms with Crippen molar-refractivity contribution < 1.29 is 28.6 Å². The molecule has 8 heteroatoms. The Kier molecular flexibility index (Phi) is 6.92. The summed E-state index contributed by atoms with van der Waals surface area (Å²) in [5.41, 5.74) is 1.81. The van der Waals surface area contributed by atoms with Gasteiger partial charge in [-0.2, -0.15) is 0 Å². The summed E-state index contributed by atoms with van der Waals surface area (Å²) in [5.74, 6) is -0.339. The number of carbonyl (C=O) groups is 3. The smallest absolute Gasteiger partial charge is 0.338 e. The summed E-state index contributed by atoms with van der Waals surface area (Å²) >= 11 is 0. The van der Waals surface area contributed by atoms with Crippen LogP contribution in [0.25, 0.3) is 0 Å². The highest BCUT2D eigenvalue weighted by atomic mass is 16.6. The number of para-hydroxylation sites is 1. The van der Waals surface area contributed by atoms with E-state index >= 15 is 0 Å². The lowest BCUT2D eigenvalue weighted by Crippen LogP contribution is -2.46. The van der Waals surface area contributed by atoms with Crippen molar-refractivity contribution in [3.63, 3.8) is 0 Å². The second-order valence-corrected chi connectivity index (χ2v) is 6.85. The van der Waals surface area contributed by atoms with Gasteiger partial charge in [0, 0.05) is 12.7 Å². The maximum Gasteiger partial charge on any atom is 0.338 e. The predicted molar refractivity (Wildman–Crippen MR) is 112 cm³/mol. The van der Waals surface area contributed by atoms with Gasteiger partial charge in [-0.3, -0.25) is 0 Å². The van der Waals surface area contributed by atoms with E-state index in [9.17, 15) is 14.4 Å². The van der Waals surface area contributed by atoms with Gasteiger partial charge in [-0.05, 0) is 36.8 Å². The lowest BCUT2D eigenvalue weighted by Gasteiger charge is -2.33. The van der Waals surface area contributed by atoms with E-state index in [1.54, 1.807) is 38.2 Å². The van der Waals surface area contributed by atoms with Gasteiger partial charge in [-0.1, -0.05) is 30.3 Å². The van der Waals surface area contributed by atoms with Crippen LogP contribution in [0.5, 0.6) is 5.75 Å². The molecule has 8 nitrogen and oxygen atoms in total. The monoisotopic (exact) mass is 424 g/mol. The molecule has 0 aliphatic carbocycles. The molecule has 0 bridgehead atoms. The number of carbonyl (C=O) groups excluding carboxylic acids is 3. The van der Waals surface area contributed by atoms with Gasteiger partial charge in [0.15, 0.2) is 0 Å². The van der Waals surface area contributed by atoms with Gasteiger partial charge in [-0.15, -0.1) is 0 Å². The summed E-state index contributed by atoms with van der Waals surface area (Å²) in [5, 5.41) is 2.80. The molecule has 0 aromatic heterocycles. The number of nitrogens with zero attached hydrogens (tertiary/aromatic N) is 1. The number of allylic oxidation sites excluding steroid dienone is 1. The first-order chi connectivity index (χ1) is 14.9. The van der Waals surface area contributed by atoms with Crippen LogP contribution in [0.4, 0.5) is 4.79 Å². The Bertz CT molecular complexity index is 985. The van der Waals surface area contributed by atoms with Crippen LogP contribution in [-0.2, 0) is 14.3 Å². The third kappa shape index (κ3) is 5.03. The number of urea groups is 1. The summed E-state index contributed by atoms with van der Waals surface area (Å²) in [4.78, 5) is 38.3. The van der Waals surface area contributed by atoms with Gasteiger partial charge in [0.2, 0.25) is 0 Å². The van der Waals surface area contributed by atoms with Crippen molar-refractivity contribution in [3.8, 4) is 5.75 Å². The molecular formula is C23H24N2O6. The predicted octanol–water partition coefficient (Wildman–Crippen LogP) is 3.07. The Hall–Kier alpha value is -3.81. The lowest BCUT2D eigenvalue weighted by molar-refractivity contribution is -0.140. The van der Waals surface area contributed by atoms with E-state index < -0.39 is 18.0 Å². The van der Waals surface area contributed by atoms with Crippen LogP contribution in [0.2, 0.25) is 0 Å². The fourth-order valence-electron chi connectivity index (χ4n) is 3.17. The zero-order chi connectivity index (χ0) is 22.4. The summed E-state index contributed by atoms with van der Waals surface area (Å²) in [6.45, 7) is 1.94. The molecule has 0 unspecified atom stereocenters. The standard InChI is InChI=1S/C23H24N2O6/c1-15-19(22(27)31-14-13-30-18-7-5-4-6-8-18)20(24-23(28)25(15)2)16-9-11-17(12-10-16)21(26)29-3/h4-12,20H,13-14H2,1-3H3,(H,24,28)/t20-/m1/s1. The SMILES string of the molecule is COC(=O)c1ccc([C@H]2NC(=O)N(C)C(C)=C2C(=O)OCCOc2ccccc2)cc1. The van der Waals surface area contributed by atoms with E-state index in [2.05, 4.69) is 5.32 Å². The van der Waals surface area contributed by atoms with Crippen LogP contribution in [0.1, 0.15) is 28.9 Å². The molecule has 0 radical (unpaired) electrons. The van der Waals surface area contributed by atoms with Crippen molar-refractivity contribution in [2.45, 2.75) is 13.0 Å². The molecule has 1 aliphatic heterocycles. The molecule has 0 fully saturated rings. The minimum absolute atomic E-state index is 0.0518. The normalized spacial score (nSPS) is 15.9. The zero-order valence-corrected chi connectivity index (χ0v) is 17.6. The molecule has 3 rings (SSSR count). The van der Waals surface area contributed by atoms with Crippen LogP contribution in [0.15, 0.2) is 65.9 Å². The molecule has 0 saturated heterocycles. The number of methoxy groups -OCH3 is 1. The summed E-state index contributed by atoms with van der Waals surface area (Å²) < 4.78 is 15.7. The molecule has 0 spiro atoms. The van der Waals surface area contributed by atoms with Gasteiger partial charge in [0.05, 0.1) is 24.3 Å². The number of hydrogen-bond acceptors (Lipinski definition) is 6. The molecular weight excluding hydrogens is 400 g/mol. The average molecular weight is 424 g/mol. The van der Waals surface area contributed by atoms with Crippen LogP contribution in [0.3, 0.4) is 0 Å². The number of esters is 2. The fourth-order valence-corrected chi connectivity index (χ4v) is 3.17. The van der Waals surface area contributed by atoms with Gasteiger partial charge >= 0.3 is 18.0 Å². The molecule has 1 N–H and O–H groups in total. The number of hydrogen-bond donors (Lipinski definition) is 1. The lowest BCUT2D eigenvalue weighted by atomic mass is 9.94. The number of amides is 2. The number of benzene rings is 2. The van der Waals surface area contributed by atoms with E-state index in [-0.39, 0.29) is 19.2 Å². The van der Waals surface area contributed by atoms with Crippen LogP contribution >= 0.6 is 0 Å². The Morgan fingerprint density at radius 2 is 1.68 bits per heavy atom. The highest BCUT2D eigenvalue weighted by Gasteiger charge is 2.35. The van der Waals surface area contributed by atoms with Gasteiger partial charge < -0.3 is 24.4 Å². The summed E-state index contributed by atoms with van der Waals surface area (Å²) in [6.07, 6.45) is 0. The van der Waals surface area contributed by atoms with Crippen molar-refractivity contribution in [2.75, 3.05) is 27.4 Å². The average Bonchev–Trinajstić information content (AvgIpc) is 2.80. The molecule has 0 saturated carbocycles. The van der Waals surface area contributed by atoms with Crippen molar-refractivity contribution in [3.05, 3.63) is 77.0 Å². The molecule has 2 aromatic carbocycles. The van der Waals surface area contributed by atoms with E-state index in [4.69, 9.17) is 14.2 Å². The quantitative estimate of drug-likeness (QED) is 0.542. The first-order valence-corrected chi connectivity index (χ1v) is 9.70. The highest BCUT2D eigenvalue weighted by molar-refractivity contribution is 5.95. The topological polar surface area (TPSA) is 94.2 Å². The summed E-state index contributed by atoms with van der Waals surface area (Å²) in [7, 11) is 2.88. The first-order valence-electron chi connectivity index (χ1n) is 9.70. The molecule has 2 aromatic rings. The Labute approximate surface area is 180 Å². The third-order valence-corrected chi connectivity index (χ3v) is 4.97. The number of ether oxygens (including phenoxy) is 3. The largest absolute Gasteiger partial charge is 0.490 e. The highest BCUT2D eigenvalue weighted by Crippen LogP contribution is 2.30. The van der Waals surface area contributed by atoms with Gasteiger partial charge in [-0.25, -0.2) is 14.4 Å². The maximum atomic E-state index is 12.9. The Morgan fingerprint density at radius 3 is 2.32 bits per heavy atom. The second kappa shape index (κ2) is 9.80. The minimum atomic E-state index is -0.710. The van der Waals surface area contributed by atoms with Crippen LogP contribution in [0, 0.1) is 0 Å². The molecule has 1 heterocycles. The first kappa shape index (κ1) is 21.9. The molecule has 1 aliphatic rings. The van der Waals surface area contributed by atoms with Crippen LogP contribution in [-0.4, -0.2) is 50.2 Å². The van der Waals surface area contributed by atoms with Crippen molar-refractivity contribution in [1.82, 2.24) is 10.2 Å². The third-order valence-electron chi connectivity index (χ3n) is 4.97. The minimum Gasteiger partial charge on any atom is -0.490 e. The molecule has 31 heavy (non-hydrogen) atoms.